The first-order chi connectivity index (χ1) is 11.9. The zero-order valence-electron chi connectivity index (χ0n) is 14.6. The molecular weight excluding hydrogens is 351 g/mol. The van der Waals surface area contributed by atoms with Crippen LogP contribution in [0.25, 0.3) is 0 Å². The summed E-state index contributed by atoms with van der Waals surface area (Å²) in [6.45, 7) is 3.97. The lowest BCUT2D eigenvalue weighted by Crippen LogP contribution is -2.70. The van der Waals surface area contributed by atoms with Crippen LogP contribution in [0.15, 0.2) is 30.3 Å². The minimum atomic E-state index is -5.19. The molecule has 0 bridgehead atoms. The molecule has 0 spiro atoms. The SMILES string of the molecule is CC(C)(C)C(=O)NC1(C(F)(F)F)NC(=O)N(CCc2ccccc2)C1=O. The van der Waals surface area contributed by atoms with Gasteiger partial charge in [0.2, 0.25) is 5.91 Å². The molecule has 1 aromatic carbocycles. The van der Waals surface area contributed by atoms with Crippen molar-refractivity contribution < 1.29 is 27.6 Å². The van der Waals surface area contributed by atoms with Crippen molar-refractivity contribution in [2.24, 2.45) is 5.41 Å². The van der Waals surface area contributed by atoms with E-state index in [0.717, 1.165) is 5.56 Å². The number of carbonyl (C=O) groups is 3. The second-order valence-electron chi connectivity index (χ2n) is 7.07. The monoisotopic (exact) mass is 371 g/mol. The molecule has 1 heterocycles. The molecular formula is C17H20F3N3O3. The molecule has 1 saturated heterocycles. The van der Waals surface area contributed by atoms with Crippen molar-refractivity contribution in [2.45, 2.75) is 39.0 Å². The summed E-state index contributed by atoms with van der Waals surface area (Å²) >= 11 is 0. The highest BCUT2D eigenvalue weighted by Gasteiger charge is 2.69. The van der Waals surface area contributed by atoms with Crippen molar-refractivity contribution in [3.63, 3.8) is 0 Å². The number of urea groups is 1. The summed E-state index contributed by atoms with van der Waals surface area (Å²) in [6.07, 6.45) is -5.00. The third-order valence-corrected chi connectivity index (χ3v) is 3.98. The molecule has 0 aliphatic carbocycles. The molecule has 4 amide bonds. The Morgan fingerprint density at radius 2 is 1.73 bits per heavy atom. The number of hydrogen-bond donors (Lipinski definition) is 2. The first kappa shape index (κ1) is 19.7. The topological polar surface area (TPSA) is 78.5 Å². The largest absolute Gasteiger partial charge is 0.440 e. The van der Waals surface area contributed by atoms with Crippen LogP contribution in [0.5, 0.6) is 0 Å². The summed E-state index contributed by atoms with van der Waals surface area (Å²) < 4.78 is 40.9. The van der Waals surface area contributed by atoms with E-state index in [9.17, 15) is 27.6 Å². The van der Waals surface area contributed by atoms with Crippen LogP contribution in [0, 0.1) is 5.41 Å². The zero-order chi connectivity index (χ0) is 19.8. The van der Waals surface area contributed by atoms with E-state index in [1.165, 1.54) is 20.8 Å². The Kier molecular flexibility index (Phi) is 5.03. The number of nitrogens with zero attached hydrogens (tertiary/aromatic N) is 1. The Morgan fingerprint density at radius 3 is 2.23 bits per heavy atom. The molecule has 0 aromatic heterocycles. The van der Waals surface area contributed by atoms with Crippen LogP contribution < -0.4 is 10.6 Å². The maximum absolute atomic E-state index is 13.6. The minimum absolute atomic E-state index is 0.196. The van der Waals surface area contributed by atoms with E-state index in [1.807, 2.05) is 0 Å². The summed E-state index contributed by atoms with van der Waals surface area (Å²) in [5.41, 5.74) is -3.87. The van der Waals surface area contributed by atoms with Gasteiger partial charge in [0, 0.05) is 12.0 Å². The molecule has 1 fully saturated rings. The van der Waals surface area contributed by atoms with Gasteiger partial charge in [-0.15, -0.1) is 0 Å². The number of nitrogens with one attached hydrogen (secondary N) is 2. The average molecular weight is 371 g/mol. The number of alkyl halides is 3. The molecule has 2 N–H and O–H groups in total. The highest BCUT2D eigenvalue weighted by Crippen LogP contribution is 2.34. The lowest BCUT2D eigenvalue weighted by atomic mass is 9.94. The van der Waals surface area contributed by atoms with Crippen molar-refractivity contribution in [2.75, 3.05) is 6.54 Å². The van der Waals surface area contributed by atoms with Gasteiger partial charge in [0.15, 0.2) is 0 Å². The Bertz CT molecular complexity index is 713. The number of imide groups is 1. The van der Waals surface area contributed by atoms with E-state index >= 15 is 0 Å². The molecule has 1 atom stereocenters. The summed E-state index contributed by atoms with van der Waals surface area (Å²) in [5, 5.41) is 3.32. The summed E-state index contributed by atoms with van der Waals surface area (Å²) in [7, 11) is 0. The highest BCUT2D eigenvalue weighted by atomic mass is 19.4. The molecule has 6 nitrogen and oxygen atoms in total. The van der Waals surface area contributed by atoms with E-state index in [1.54, 1.807) is 41.0 Å². The van der Waals surface area contributed by atoms with Gasteiger partial charge in [-0.1, -0.05) is 51.1 Å². The van der Waals surface area contributed by atoms with Gasteiger partial charge in [-0.3, -0.25) is 19.8 Å². The predicted octanol–water partition coefficient (Wildman–Crippen LogP) is 2.20. The van der Waals surface area contributed by atoms with Crippen LogP contribution in [0.3, 0.4) is 0 Å². The number of halogens is 3. The van der Waals surface area contributed by atoms with Crippen LogP contribution in [-0.4, -0.2) is 41.1 Å². The quantitative estimate of drug-likeness (QED) is 0.797. The first-order valence-corrected chi connectivity index (χ1v) is 7.96. The lowest BCUT2D eigenvalue weighted by Gasteiger charge is -2.32. The Balaban J connectivity index is 2.26. The Hall–Kier alpha value is -2.58. The van der Waals surface area contributed by atoms with Crippen molar-refractivity contribution in [3.8, 4) is 0 Å². The fraction of sp³-hybridized carbons (Fsp3) is 0.471. The number of rotatable bonds is 4. The van der Waals surface area contributed by atoms with E-state index in [-0.39, 0.29) is 13.0 Å². The third kappa shape index (κ3) is 3.66. The zero-order valence-corrected chi connectivity index (χ0v) is 14.6. The van der Waals surface area contributed by atoms with Gasteiger partial charge in [0.1, 0.15) is 0 Å². The van der Waals surface area contributed by atoms with Crippen LogP contribution in [0.4, 0.5) is 18.0 Å². The summed E-state index contributed by atoms with van der Waals surface area (Å²) in [4.78, 5) is 37.1. The standard InChI is InChI=1S/C17H20F3N3O3/c1-15(2,3)12(24)21-16(17(18,19)20)13(25)23(14(26)22-16)10-9-11-7-5-4-6-8-11/h4-8H,9-10H2,1-3H3,(H,21,24)(H,22,26). The predicted molar refractivity (Wildman–Crippen MR) is 86.8 cm³/mol. The number of amides is 4. The lowest BCUT2D eigenvalue weighted by molar-refractivity contribution is -0.205. The fourth-order valence-corrected chi connectivity index (χ4v) is 2.37. The second kappa shape index (κ2) is 6.62. The van der Waals surface area contributed by atoms with Gasteiger partial charge < -0.3 is 5.32 Å². The molecule has 0 saturated carbocycles. The van der Waals surface area contributed by atoms with Crippen LogP contribution in [-0.2, 0) is 16.0 Å². The Morgan fingerprint density at radius 1 is 1.15 bits per heavy atom. The van der Waals surface area contributed by atoms with Crippen LogP contribution >= 0.6 is 0 Å². The van der Waals surface area contributed by atoms with Crippen LogP contribution in [0.1, 0.15) is 26.3 Å². The molecule has 142 valence electrons. The van der Waals surface area contributed by atoms with Crippen molar-refractivity contribution >= 4 is 17.8 Å². The minimum Gasteiger partial charge on any atom is -0.317 e. The van der Waals surface area contributed by atoms with Crippen molar-refractivity contribution in [1.82, 2.24) is 15.5 Å². The third-order valence-electron chi connectivity index (χ3n) is 3.98. The molecule has 1 aliphatic heterocycles. The maximum atomic E-state index is 13.6. The van der Waals surface area contributed by atoms with E-state index in [2.05, 4.69) is 0 Å². The number of hydrogen-bond acceptors (Lipinski definition) is 3. The molecule has 9 heteroatoms. The highest BCUT2D eigenvalue weighted by molar-refractivity contribution is 6.09. The van der Waals surface area contributed by atoms with Gasteiger partial charge in [-0.2, -0.15) is 13.2 Å². The molecule has 1 unspecified atom stereocenters. The smallest absolute Gasteiger partial charge is 0.317 e. The summed E-state index contributed by atoms with van der Waals surface area (Å²) in [5.74, 6) is -2.54. The first-order valence-electron chi connectivity index (χ1n) is 7.96. The van der Waals surface area contributed by atoms with Crippen LogP contribution in [0.2, 0.25) is 0 Å². The summed E-state index contributed by atoms with van der Waals surface area (Å²) in [6, 6.07) is 7.52. The molecule has 1 aliphatic rings. The fourth-order valence-electron chi connectivity index (χ4n) is 2.37. The van der Waals surface area contributed by atoms with Crippen molar-refractivity contribution in [1.29, 1.82) is 0 Å². The van der Waals surface area contributed by atoms with Gasteiger partial charge >= 0.3 is 12.2 Å². The Labute approximate surface area is 148 Å². The maximum Gasteiger partial charge on any atom is 0.440 e. The average Bonchev–Trinajstić information content (AvgIpc) is 2.76. The van der Waals surface area contributed by atoms with Crippen molar-refractivity contribution in [3.05, 3.63) is 35.9 Å². The molecule has 2 rings (SSSR count). The normalized spacial score (nSPS) is 20.9. The van der Waals surface area contributed by atoms with E-state index in [4.69, 9.17) is 0 Å². The molecule has 1 aromatic rings. The number of carbonyl (C=O) groups excluding carboxylic acids is 3. The van der Waals surface area contributed by atoms with Gasteiger partial charge in [0.05, 0.1) is 0 Å². The second-order valence-corrected chi connectivity index (χ2v) is 7.07. The van der Waals surface area contributed by atoms with Gasteiger partial charge in [0.25, 0.3) is 11.6 Å². The number of benzene rings is 1. The van der Waals surface area contributed by atoms with Gasteiger partial charge in [-0.25, -0.2) is 4.79 Å². The van der Waals surface area contributed by atoms with Gasteiger partial charge in [-0.05, 0) is 12.0 Å². The molecule has 26 heavy (non-hydrogen) atoms. The van der Waals surface area contributed by atoms with E-state index < -0.39 is 35.1 Å². The van der Waals surface area contributed by atoms with E-state index in [0.29, 0.717) is 4.90 Å². The molecule has 0 radical (unpaired) electrons.